The Morgan fingerprint density at radius 2 is 1.88 bits per heavy atom. The highest BCUT2D eigenvalue weighted by atomic mass is 16.6. The number of nitro benzene ring substituents is 1. The average Bonchev–Trinajstić information content (AvgIpc) is 2.67. The Morgan fingerprint density at radius 3 is 2.54 bits per heavy atom. The van der Waals surface area contributed by atoms with E-state index in [1.54, 1.807) is 12.4 Å². The molecule has 0 unspecified atom stereocenters. The molecule has 0 spiro atoms. The van der Waals surface area contributed by atoms with E-state index < -0.39 is 4.92 Å². The van der Waals surface area contributed by atoms with Crippen LogP contribution in [0, 0.1) is 10.1 Å². The van der Waals surface area contributed by atoms with Crippen LogP contribution in [0.4, 0.5) is 11.4 Å². The molecule has 7 heteroatoms. The molecule has 1 saturated carbocycles. The molecule has 1 amide bonds. The van der Waals surface area contributed by atoms with Crippen molar-refractivity contribution in [2.24, 2.45) is 0 Å². The van der Waals surface area contributed by atoms with Gasteiger partial charge in [0.15, 0.2) is 0 Å². The fraction of sp³-hybridized carbons (Fsp3) is 0.368. The molecule has 0 aliphatic heterocycles. The van der Waals surface area contributed by atoms with Crippen molar-refractivity contribution in [3.8, 4) is 0 Å². The number of anilines is 1. The van der Waals surface area contributed by atoms with Crippen LogP contribution in [0.15, 0.2) is 42.7 Å². The molecule has 1 heterocycles. The number of nitrogen functional groups attached to an aromatic ring is 1. The van der Waals surface area contributed by atoms with Crippen molar-refractivity contribution >= 4 is 17.3 Å². The summed E-state index contributed by atoms with van der Waals surface area (Å²) in [4.78, 5) is 27.1. The maximum atomic E-state index is 12.6. The van der Waals surface area contributed by atoms with E-state index in [4.69, 9.17) is 5.73 Å². The van der Waals surface area contributed by atoms with E-state index in [2.05, 4.69) is 10.3 Å². The van der Waals surface area contributed by atoms with Gasteiger partial charge in [0, 0.05) is 36.0 Å². The molecular weight excluding hydrogens is 332 g/mol. The molecule has 1 aromatic carbocycles. The van der Waals surface area contributed by atoms with Crippen LogP contribution < -0.4 is 11.1 Å². The minimum atomic E-state index is -0.578. The second-order valence-electron chi connectivity index (χ2n) is 6.79. The van der Waals surface area contributed by atoms with Crippen LogP contribution in [0.2, 0.25) is 0 Å². The van der Waals surface area contributed by atoms with Crippen molar-refractivity contribution in [1.82, 2.24) is 10.3 Å². The molecule has 2 aromatic rings. The first-order chi connectivity index (χ1) is 12.5. The molecule has 3 N–H and O–H groups in total. The summed E-state index contributed by atoms with van der Waals surface area (Å²) in [5.41, 5.74) is 6.70. The number of amides is 1. The standard InChI is InChI=1S/C19H22N4O3/c20-16-5-4-14(12-17(16)23(25)26)18(24)22-13-19(8-2-1-3-9-19)15-6-10-21-11-7-15/h4-7,10-12H,1-3,8-9,13,20H2,(H,22,24). The molecule has 1 aromatic heterocycles. The molecule has 1 aliphatic carbocycles. The third kappa shape index (κ3) is 3.66. The van der Waals surface area contributed by atoms with Gasteiger partial charge in [-0.15, -0.1) is 0 Å². The van der Waals surface area contributed by atoms with Crippen LogP contribution in [0.25, 0.3) is 0 Å². The van der Waals surface area contributed by atoms with Crippen LogP contribution in [-0.4, -0.2) is 22.4 Å². The number of carbonyl (C=O) groups excluding carboxylic acids is 1. The Balaban J connectivity index is 1.78. The summed E-state index contributed by atoms with van der Waals surface area (Å²) in [5.74, 6) is -0.327. The summed E-state index contributed by atoms with van der Waals surface area (Å²) in [6, 6.07) is 8.14. The number of nitro groups is 1. The molecule has 7 nitrogen and oxygen atoms in total. The van der Waals surface area contributed by atoms with E-state index >= 15 is 0 Å². The first-order valence-electron chi connectivity index (χ1n) is 8.74. The lowest BCUT2D eigenvalue weighted by Gasteiger charge is -2.38. The smallest absolute Gasteiger partial charge is 0.292 e. The topological polar surface area (TPSA) is 111 Å². The van der Waals surface area contributed by atoms with Gasteiger partial charge in [-0.1, -0.05) is 19.3 Å². The van der Waals surface area contributed by atoms with E-state index in [0.717, 1.165) is 25.7 Å². The number of pyridine rings is 1. The van der Waals surface area contributed by atoms with Crippen LogP contribution in [0.5, 0.6) is 0 Å². The zero-order chi connectivity index (χ0) is 18.6. The number of benzene rings is 1. The highest BCUT2D eigenvalue weighted by Crippen LogP contribution is 2.38. The highest BCUT2D eigenvalue weighted by Gasteiger charge is 2.34. The number of aromatic nitrogens is 1. The molecule has 1 fully saturated rings. The molecule has 0 radical (unpaired) electrons. The first kappa shape index (κ1) is 17.8. The third-order valence-corrected chi connectivity index (χ3v) is 5.18. The summed E-state index contributed by atoms with van der Waals surface area (Å²) < 4.78 is 0. The number of nitrogens with one attached hydrogen (secondary N) is 1. The highest BCUT2D eigenvalue weighted by molar-refractivity contribution is 5.95. The van der Waals surface area contributed by atoms with E-state index in [9.17, 15) is 14.9 Å². The van der Waals surface area contributed by atoms with Gasteiger partial charge in [-0.2, -0.15) is 0 Å². The van der Waals surface area contributed by atoms with Gasteiger partial charge in [-0.3, -0.25) is 19.9 Å². The van der Waals surface area contributed by atoms with Crippen molar-refractivity contribution in [3.63, 3.8) is 0 Å². The Bertz CT molecular complexity index is 802. The van der Waals surface area contributed by atoms with Gasteiger partial charge in [0.2, 0.25) is 0 Å². The predicted molar refractivity (Wildman–Crippen MR) is 98.8 cm³/mol. The van der Waals surface area contributed by atoms with E-state index in [1.807, 2.05) is 12.1 Å². The zero-order valence-electron chi connectivity index (χ0n) is 14.5. The third-order valence-electron chi connectivity index (χ3n) is 5.18. The monoisotopic (exact) mass is 354 g/mol. The lowest BCUT2D eigenvalue weighted by Crippen LogP contribution is -2.42. The molecular formula is C19H22N4O3. The van der Waals surface area contributed by atoms with Crippen molar-refractivity contribution in [1.29, 1.82) is 0 Å². The minimum absolute atomic E-state index is 0.0482. The molecule has 1 aliphatic rings. The molecule has 136 valence electrons. The largest absolute Gasteiger partial charge is 0.393 e. The van der Waals surface area contributed by atoms with Gasteiger partial charge in [-0.05, 0) is 42.7 Å². The fourth-order valence-electron chi connectivity index (χ4n) is 3.70. The quantitative estimate of drug-likeness (QED) is 0.486. The van der Waals surface area contributed by atoms with Crippen LogP contribution in [0.3, 0.4) is 0 Å². The number of rotatable bonds is 5. The van der Waals surface area contributed by atoms with Gasteiger partial charge < -0.3 is 11.1 Å². The molecule has 3 rings (SSSR count). The predicted octanol–water partition coefficient (Wildman–Crippen LogP) is 3.20. The Hall–Kier alpha value is -2.96. The van der Waals surface area contributed by atoms with Crippen molar-refractivity contribution in [2.75, 3.05) is 12.3 Å². The maximum absolute atomic E-state index is 12.6. The van der Waals surface area contributed by atoms with E-state index in [1.165, 1.54) is 30.2 Å². The number of hydrogen-bond acceptors (Lipinski definition) is 5. The average molecular weight is 354 g/mol. The lowest BCUT2D eigenvalue weighted by atomic mass is 9.69. The van der Waals surface area contributed by atoms with E-state index in [-0.39, 0.29) is 28.3 Å². The van der Waals surface area contributed by atoms with Gasteiger partial charge in [0.25, 0.3) is 11.6 Å². The summed E-state index contributed by atoms with van der Waals surface area (Å²) in [6.45, 7) is 0.494. The Morgan fingerprint density at radius 1 is 1.19 bits per heavy atom. The summed E-state index contributed by atoms with van der Waals surface area (Å²) in [7, 11) is 0. The van der Waals surface area contributed by atoms with Gasteiger partial charge in [0.05, 0.1) is 4.92 Å². The fourth-order valence-corrected chi connectivity index (χ4v) is 3.70. The zero-order valence-corrected chi connectivity index (χ0v) is 14.5. The van der Waals surface area contributed by atoms with Gasteiger partial charge in [0.1, 0.15) is 5.69 Å². The van der Waals surface area contributed by atoms with E-state index in [0.29, 0.717) is 6.54 Å². The van der Waals surface area contributed by atoms with Crippen molar-refractivity contribution < 1.29 is 9.72 Å². The Labute approximate surface area is 151 Å². The van der Waals surface area contributed by atoms with Crippen molar-refractivity contribution in [2.45, 2.75) is 37.5 Å². The SMILES string of the molecule is Nc1ccc(C(=O)NCC2(c3ccncc3)CCCCC2)cc1[N+](=O)[O-]. The van der Waals surface area contributed by atoms with Gasteiger partial charge >= 0.3 is 0 Å². The first-order valence-corrected chi connectivity index (χ1v) is 8.74. The number of nitrogens with zero attached hydrogens (tertiary/aromatic N) is 2. The van der Waals surface area contributed by atoms with Gasteiger partial charge in [-0.25, -0.2) is 0 Å². The Kier molecular flexibility index (Phi) is 5.16. The molecule has 0 bridgehead atoms. The number of carbonyl (C=O) groups is 1. The normalized spacial score (nSPS) is 16.0. The second-order valence-corrected chi connectivity index (χ2v) is 6.79. The lowest BCUT2D eigenvalue weighted by molar-refractivity contribution is -0.383. The molecule has 26 heavy (non-hydrogen) atoms. The number of nitrogens with two attached hydrogens (primary N) is 1. The minimum Gasteiger partial charge on any atom is -0.393 e. The molecule has 0 saturated heterocycles. The maximum Gasteiger partial charge on any atom is 0.292 e. The van der Waals surface area contributed by atoms with Crippen LogP contribution in [-0.2, 0) is 5.41 Å². The number of hydrogen-bond donors (Lipinski definition) is 2. The van der Waals surface area contributed by atoms with Crippen LogP contribution >= 0.6 is 0 Å². The summed E-state index contributed by atoms with van der Waals surface area (Å²) >= 11 is 0. The van der Waals surface area contributed by atoms with Crippen LogP contribution in [0.1, 0.15) is 48.0 Å². The second kappa shape index (κ2) is 7.51. The summed E-state index contributed by atoms with van der Waals surface area (Å²) in [5, 5.41) is 14.0. The molecule has 0 atom stereocenters. The summed E-state index contributed by atoms with van der Waals surface area (Å²) in [6.07, 6.45) is 8.98. The van der Waals surface area contributed by atoms with Crippen molar-refractivity contribution in [3.05, 3.63) is 64.0 Å².